The van der Waals surface area contributed by atoms with E-state index >= 15 is 0 Å². The summed E-state index contributed by atoms with van der Waals surface area (Å²) in [5.74, 6) is -0.0886. The number of aromatic nitrogens is 1. The van der Waals surface area contributed by atoms with Crippen molar-refractivity contribution in [2.24, 2.45) is 5.92 Å². The van der Waals surface area contributed by atoms with Crippen LogP contribution >= 0.6 is 0 Å². The Bertz CT molecular complexity index is 791. The SMILES string of the molecule is O=C1CC(C(=O)N2CCc3ccccc3C2)CN1Cc1ccccn1. The van der Waals surface area contributed by atoms with Gasteiger partial charge in [0, 0.05) is 32.3 Å². The molecule has 0 N–H and O–H groups in total. The first-order valence-electron chi connectivity index (χ1n) is 8.74. The third-order valence-corrected chi connectivity index (χ3v) is 5.09. The van der Waals surface area contributed by atoms with Gasteiger partial charge in [-0.2, -0.15) is 0 Å². The highest BCUT2D eigenvalue weighted by atomic mass is 16.2. The summed E-state index contributed by atoms with van der Waals surface area (Å²) >= 11 is 0. The molecular formula is C20H21N3O2. The number of fused-ring (bicyclic) bond motifs is 1. The second kappa shape index (κ2) is 6.67. The number of rotatable bonds is 3. The lowest BCUT2D eigenvalue weighted by Crippen LogP contribution is -2.40. The van der Waals surface area contributed by atoms with E-state index in [4.69, 9.17) is 0 Å². The molecule has 4 rings (SSSR count). The van der Waals surface area contributed by atoms with E-state index in [1.165, 1.54) is 11.1 Å². The molecule has 2 aliphatic rings. The lowest BCUT2D eigenvalue weighted by molar-refractivity contribution is -0.136. The quantitative estimate of drug-likeness (QED) is 0.862. The Balaban J connectivity index is 1.41. The molecule has 0 spiro atoms. The number of likely N-dealkylation sites (tertiary alicyclic amines) is 1. The van der Waals surface area contributed by atoms with Gasteiger partial charge in [0.15, 0.2) is 0 Å². The molecule has 25 heavy (non-hydrogen) atoms. The van der Waals surface area contributed by atoms with Crippen LogP contribution in [-0.4, -0.2) is 39.7 Å². The average Bonchev–Trinajstić information content (AvgIpc) is 3.02. The number of carbonyl (C=O) groups excluding carboxylic acids is 2. The molecule has 1 saturated heterocycles. The maximum Gasteiger partial charge on any atom is 0.228 e. The molecule has 1 fully saturated rings. The second-order valence-electron chi connectivity index (χ2n) is 6.77. The highest BCUT2D eigenvalue weighted by Crippen LogP contribution is 2.25. The smallest absolute Gasteiger partial charge is 0.228 e. The fourth-order valence-corrected chi connectivity index (χ4v) is 3.72. The molecule has 0 bridgehead atoms. The minimum atomic E-state index is -0.235. The van der Waals surface area contributed by atoms with Crippen LogP contribution in [-0.2, 0) is 29.1 Å². The molecule has 2 amide bonds. The topological polar surface area (TPSA) is 53.5 Å². The molecule has 5 heteroatoms. The zero-order chi connectivity index (χ0) is 17.2. The predicted molar refractivity (Wildman–Crippen MR) is 93.3 cm³/mol. The molecule has 2 aliphatic heterocycles. The minimum absolute atomic E-state index is 0.0430. The lowest BCUT2D eigenvalue weighted by Gasteiger charge is -2.30. The van der Waals surface area contributed by atoms with Crippen molar-refractivity contribution in [1.82, 2.24) is 14.8 Å². The molecule has 0 aliphatic carbocycles. The van der Waals surface area contributed by atoms with Crippen molar-refractivity contribution in [2.45, 2.75) is 25.9 Å². The van der Waals surface area contributed by atoms with E-state index in [1.807, 2.05) is 35.2 Å². The Morgan fingerprint density at radius 2 is 1.92 bits per heavy atom. The monoisotopic (exact) mass is 335 g/mol. The molecule has 1 unspecified atom stereocenters. The highest BCUT2D eigenvalue weighted by Gasteiger charge is 2.37. The van der Waals surface area contributed by atoms with E-state index in [1.54, 1.807) is 11.1 Å². The van der Waals surface area contributed by atoms with Crippen molar-refractivity contribution in [3.63, 3.8) is 0 Å². The van der Waals surface area contributed by atoms with E-state index < -0.39 is 0 Å². The van der Waals surface area contributed by atoms with Gasteiger partial charge < -0.3 is 9.80 Å². The minimum Gasteiger partial charge on any atom is -0.338 e. The first-order chi connectivity index (χ1) is 12.2. The van der Waals surface area contributed by atoms with Crippen molar-refractivity contribution in [3.05, 3.63) is 65.5 Å². The maximum absolute atomic E-state index is 12.9. The third-order valence-electron chi connectivity index (χ3n) is 5.09. The fourth-order valence-electron chi connectivity index (χ4n) is 3.72. The maximum atomic E-state index is 12.9. The molecule has 1 aromatic carbocycles. The van der Waals surface area contributed by atoms with Crippen molar-refractivity contribution >= 4 is 11.8 Å². The van der Waals surface area contributed by atoms with Crippen LogP contribution in [0.3, 0.4) is 0 Å². The average molecular weight is 335 g/mol. The summed E-state index contributed by atoms with van der Waals surface area (Å²) in [6.45, 7) is 2.36. The standard InChI is InChI=1S/C20H21N3O2/c24-19-11-17(13-23(19)14-18-7-3-4-9-21-18)20(25)22-10-8-15-5-1-2-6-16(15)12-22/h1-7,9,17H,8,10-14H2. The van der Waals surface area contributed by atoms with Gasteiger partial charge in [-0.15, -0.1) is 0 Å². The molecule has 1 aromatic heterocycles. The van der Waals surface area contributed by atoms with E-state index in [2.05, 4.69) is 17.1 Å². The third kappa shape index (κ3) is 3.27. The van der Waals surface area contributed by atoms with Gasteiger partial charge in [0.25, 0.3) is 0 Å². The van der Waals surface area contributed by atoms with Gasteiger partial charge in [-0.1, -0.05) is 30.3 Å². The lowest BCUT2D eigenvalue weighted by atomic mass is 9.98. The van der Waals surface area contributed by atoms with Gasteiger partial charge >= 0.3 is 0 Å². The first-order valence-corrected chi connectivity index (χ1v) is 8.74. The number of carbonyl (C=O) groups is 2. The summed E-state index contributed by atoms with van der Waals surface area (Å²) in [5, 5.41) is 0. The van der Waals surface area contributed by atoms with Crippen LogP contribution in [0.25, 0.3) is 0 Å². The second-order valence-corrected chi connectivity index (χ2v) is 6.77. The molecule has 0 saturated carbocycles. The van der Waals surface area contributed by atoms with Crippen LogP contribution < -0.4 is 0 Å². The van der Waals surface area contributed by atoms with Crippen molar-refractivity contribution in [3.8, 4) is 0 Å². The van der Waals surface area contributed by atoms with Crippen LogP contribution in [0.4, 0.5) is 0 Å². The van der Waals surface area contributed by atoms with Gasteiger partial charge in [-0.05, 0) is 29.7 Å². The summed E-state index contributed by atoms with van der Waals surface area (Å²) < 4.78 is 0. The van der Waals surface area contributed by atoms with E-state index in [0.717, 1.165) is 18.7 Å². The largest absolute Gasteiger partial charge is 0.338 e. The van der Waals surface area contributed by atoms with Crippen LogP contribution in [0, 0.1) is 5.92 Å². The van der Waals surface area contributed by atoms with E-state index in [0.29, 0.717) is 26.1 Å². The first kappa shape index (κ1) is 15.8. The van der Waals surface area contributed by atoms with Gasteiger partial charge in [0.2, 0.25) is 11.8 Å². The number of pyridine rings is 1. The summed E-state index contributed by atoms with van der Waals surface area (Å²) in [6.07, 6.45) is 2.92. The van der Waals surface area contributed by atoms with Gasteiger partial charge in [-0.3, -0.25) is 14.6 Å². The number of amides is 2. The Morgan fingerprint density at radius 1 is 1.12 bits per heavy atom. The Labute approximate surface area is 147 Å². The Morgan fingerprint density at radius 3 is 2.72 bits per heavy atom. The molecule has 2 aromatic rings. The zero-order valence-electron chi connectivity index (χ0n) is 14.1. The molecule has 0 radical (unpaired) electrons. The fraction of sp³-hybridized carbons (Fsp3) is 0.350. The van der Waals surface area contributed by atoms with Crippen LogP contribution in [0.1, 0.15) is 23.2 Å². The van der Waals surface area contributed by atoms with Crippen molar-refractivity contribution in [2.75, 3.05) is 13.1 Å². The zero-order valence-corrected chi connectivity index (χ0v) is 14.1. The molecule has 3 heterocycles. The predicted octanol–water partition coefficient (Wildman–Crippen LogP) is 2.02. The van der Waals surface area contributed by atoms with Gasteiger partial charge in [-0.25, -0.2) is 0 Å². The number of hydrogen-bond donors (Lipinski definition) is 0. The summed E-state index contributed by atoms with van der Waals surface area (Å²) in [4.78, 5) is 33.1. The molecule has 128 valence electrons. The molecule has 5 nitrogen and oxygen atoms in total. The number of hydrogen-bond acceptors (Lipinski definition) is 3. The molecule has 1 atom stereocenters. The van der Waals surface area contributed by atoms with Crippen LogP contribution in [0.15, 0.2) is 48.7 Å². The summed E-state index contributed by atoms with van der Waals surface area (Å²) in [7, 11) is 0. The number of nitrogens with zero attached hydrogens (tertiary/aromatic N) is 3. The summed E-state index contributed by atoms with van der Waals surface area (Å²) in [6, 6.07) is 13.9. The van der Waals surface area contributed by atoms with E-state index in [-0.39, 0.29) is 17.7 Å². The van der Waals surface area contributed by atoms with E-state index in [9.17, 15) is 9.59 Å². The van der Waals surface area contributed by atoms with Crippen LogP contribution in [0.5, 0.6) is 0 Å². The van der Waals surface area contributed by atoms with Crippen molar-refractivity contribution < 1.29 is 9.59 Å². The van der Waals surface area contributed by atoms with Crippen LogP contribution in [0.2, 0.25) is 0 Å². The normalized spacial score (nSPS) is 19.8. The summed E-state index contributed by atoms with van der Waals surface area (Å²) in [5.41, 5.74) is 3.40. The molecular weight excluding hydrogens is 314 g/mol. The van der Waals surface area contributed by atoms with Gasteiger partial charge in [0.05, 0.1) is 18.2 Å². The highest BCUT2D eigenvalue weighted by molar-refractivity contribution is 5.89. The Kier molecular flexibility index (Phi) is 4.22. The Hall–Kier alpha value is -2.69. The van der Waals surface area contributed by atoms with Gasteiger partial charge in [0.1, 0.15) is 0 Å². The number of benzene rings is 1. The van der Waals surface area contributed by atoms with Crippen molar-refractivity contribution in [1.29, 1.82) is 0 Å².